The van der Waals surface area contributed by atoms with Crippen molar-refractivity contribution in [2.24, 2.45) is 10.2 Å². The average molecular weight is 606 g/mol. The van der Waals surface area contributed by atoms with E-state index in [1.807, 2.05) is 6.07 Å². The lowest BCUT2D eigenvalue weighted by atomic mass is 10.1. The Morgan fingerprint density at radius 1 is 0.949 bits per heavy atom. The molecule has 0 saturated heterocycles. The highest BCUT2D eigenvalue weighted by Crippen LogP contribution is 2.35. The van der Waals surface area contributed by atoms with Crippen LogP contribution in [0.1, 0.15) is 11.1 Å². The Labute approximate surface area is 229 Å². The summed E-state index contributed by atoms with van der Waals surface area (Å²) < 4.78 is 68.5. The summed E-state index contributed by atoms with van der Waals surface area (Å²) in [5.41, 5.74) is -0.197. The van der Waals surface area contributed by atoms with E-state index in [0.717, 1.165) is 22.6 Å². The molecule has 12 nitrogen and oxygen atoms in total. The van der Waals surface area contributed by atoms with Gasteiger partial charge in [-0.2, -0.15) is 27.2 Å². The van der Waals surface area contributed by atoms with E-state index in [-0.39, 0.29) is 49.0 Å². The van der Waals surface area contributed by atoms with Gasteiger partial charge in [0.05, 0.1) is 32.3 Å². The highest BCUT2D eigenvalue weighted by atomic mass is 35.5. The summed E-state index contributed by atoms with van der Waals surface area (Å²) in [6.45, 7) is 1.46. The molecule has 0 saturated carbocycles. The average Bonchev–Trinajstić information content (AvgIpc) is 3.20. The van der Waals surface area contributed by atoms with Crippen molar-refractivity contribution in [3.05, 3.63) is 74.0 Å². The predicted octanol–water partition coefficient (Wildman–Crippen LogP) is 5.33. The van der Waals surface area contributed by atoms with E-state index in [1.165, 1.54) is 31.2 Å². The fourth-order valence-electron chi connectivity index (χ4n) is 4.24. The molecule has 16 heteroatoms. The summed E-state index contributed by atoms with van der Waals surface area (Å²) in [4.78, 5) is 15.1. The molecule has 0 aliphatic carbocycles. The Bertz CT molecular complexity index is 2250. The zero-order valence-corrected chi connectivity index (χ0v) is 22.5. The Hall–Kier alpha value is -3.84. The van der Waals surface area contributed by atoms with E-state index >= 15 is 0 Å². The van der Waals surface area contributed by atoms with E-state index in [0.29, 0.717) is 11.0 Å². The van der Waals surface area contributed by atoms with Crippen LogP contribution in [-0.2, 0) is 20.2 Å². The summed E-state index contributed by atoms with van der Waals surface area (Å²) in [5, 5.41) is 17.6. The van der Waals surface area contributed by atoms with Crippen LogP contribution in [0, 0.1) is 18.3 Å². The third-order valence-corrected chi connectivity index (χ3v) is 8.49. The van der Waals surface area contributed by atoms with Crippen LogP contribution in [0.3, 0.4) is 0 Å². The normalized spacial score (nSPS) is 12.6. The Morgan fingerprint density at radius 2 is 1.62 bits per heavy atom. The minimum atomic E-state index is -4.89. The zero-order chi connectivity index (χ0) is 28.4. The van der Waals surface area contributed by atoms with Gasteiger partial charge in [-0.05, 0) is 37.3 Å². The van der Waals surface area contributed by atoms with E-state index in [2.05, 4.69) is 15.2 Å². The third kappa shape index (κ3) is 4.44. The van der Waals surface area contributed by atoms with E-state index in [9.17, 15) is 36.0 Å². The van der Waals surface area contributed by atoms with Crippen molar-refractivity contribution < 1.29 is 25.9 Å². The van der Waals surface area contributed by atoms with Crippen molar-refractivity contribution >= 4 is 82.3 Å². The van der Waals surface area contributed by atoms with Gasteiger partial charge in [0.2, 0.25) is 0 Å². The van der Waals surface area contributed by atoms with Gasteiger partial charge >= 0.3 is 0 Å². The molecule has 0 fully saturated rings. The lowest BCUT2D eigenvalue weighted by Gasteiger charge is -2.09. The van der Waals surface area contributed by atoms with Gasteiger partial charge in [-0.1, -0.05) is 35.3 Å². The quantitative estimate of drug-likeness (QED) is 0.180. The first kappa shape index (κ1) is 26.8. The number of rotatable bonds is 4. The van der Waals surface area contributed by atoms with Gasteiger partial charge in [-0.15, -0.1) is 5.11 Å². The summed E-state index contributed by atoms with van der Waals surface area (Å²) in [6, 6.07) is 10.4. The molecule has 3 aromatic carbocycles. The number of halogens is 2. The summed E-state index contributed by atoms with van der Waals surface area (Å²) in [5.74, 6) is 0. The van der Waals surface area contributed by atoms with Crippen LogP contribution in [0.15, 0.2) is 67.3 Å². The molecule has 5 aromatic rings. The number of fused-ring (bicyclic) bond motifs is 4. The maximum absolute atomic E-state index is 13.5. The maximum atomic E-state index is 13.5. The molecule has 198 valence electrons. The molecule has 0 unspecified atom stereocenters. The number of aromatic amines is 1. The van der Waals surface area contributed by atoms with E-state index in [4.69, 9.17) is 23.2 Å². The van der Waals surface area contributed by atoms with Gasteiger partial charge in [-0.3, -0.25) is 18.3 Å². The molecule has 39 heavy (non-hydrogen) atoms. The van der Waals surface area contributed by atoms with E-state index < -0.39 is 35.6 Å². The minimum Gasteiger partial charge on any atom is -0.338 e. The molecule has 5 rings (SSSR count). The van der Waals surface area contributed by atoms with Crippen molar-refractivity contribution in [3.8, 4) is 6.07 Å². The van der Waals surface area contributed by atoms with Crippen LogP contribution >= 0.6 is 23.2 Å². The predicted molar refractivity (Wildman–Crippen MR) is 143 cm³/mol. The van der Waals surface area contributed by atoms with Gasteiger partial charge < -0.3 is 4.98 Å². The van der Waals surface area contributed by atoms with Crippen molar-refractivity contribution in [1.82, 2.24) is 9.38 Å². The molecule has 0 amide bonds. The number of aromatic nitrogens is 2. The number of imidazole rings is 1. The number of pyridine rings is 1. The first-order valence-corrected chi connectivity index (χ1v) is 14.3. The second-order valence-corrected chi connectivity index (χ2v) is 11.9. The van der Waals surface area contributed by atoms with E-state index in [1.54, 1.807) is 0 Å². The highest BCUT2D eigenvalue weighted by molar-refractivity contribution is 7.86. The van der Waals surface area contributed by atoms with Gasteiger partial charge in [0.25, 0.3) is 25.8 Å². The molecule has 0 aliphatic heterocycles. The van der Waals surface area contributed by atoms with Crippen molar-refractivity contribution in [2.75, 3.05) is 0 Å². The molecule has 2 aromatic heterocycles. The van der Waals surface area contributed by atoms with Gasteiger partial charge in [0.1, 0.15) is 21.5 Å². The second kappa shape index (κ2) is 9.12. The van der Waals surface area contributed by atoms with Gasteiger partial charge in [0, 0.05) is 16.3 Å². The maximum Gasteiger partial charge on any atom is 0.295 e. The largest absolute Gasteiger partial charge is 0.338 e. The van der Waals surface area contributed by atoms with Crippen molar-refractivity contribution in [3.63, 3.8) is 0 Å². The van der Waals surface area contributed by atoms with Crippen LogP contribution in [-0.4, -0.2) is 35.3 Å². The fraction of sp³-hybridized carbons (Fsp3) is 0.0435. The number of hydrogen-bond donors (Lipinski definition) is 3. The van der Waals surface area contributed by atoms with Crippen LogP contribution in [0.4, 0.5) is 11.4 Å². The fourth-order valence-corrected chi connectivity index (χ4v) is 5.99. The first-order chi connectivity index (χ1) is 18.2. The Kier molecular flexibility index (Phi) is 6.26. The number of hydrogen-bond acceptors (Lipinski definition) is 8. The lowest BCUT2D eigenvalue weighted by Crippen LogP contribution is -2.15. The molecule has 0 atom stereocenters. The van der Waals surface area contributed by atoms with Crippen LogP contribution in [0.25, 0.3) is 27.5 Å². The summed E-state index contributed by atoms with van der Waals surface area (Å²) >= 11 is 12.2. The van der Waals surface area contributed by atoms with Gasteiger partial charge in [0.15, 0.2) is 5.69 Å². The number of nitrogens with one attached hydrogen (secondary N) is 1. The number of H-pyrrole nitrogens is 1. The lowest BCUT2D eigenvalue weighted by molar-refractivity contribution is 0.481. The highest BCUT2D eigenvalue weighted by Gasteiger charge is 2.22. The topological polar surface area (TPSA) is 195 Å². The SMILES string of the molecule is Cc1c(N=Nc2cc(S(=O)(=O)O)c3cccc(S(=O)(=O)O)c3c2)c(=O)n2c([nH]c3cc(Cl)c(Cl)cc32)c1C#N. The molecule has 0 aliphatic rings. The summed E-state index contributed by atoms with van der Waals surface area (Å²) in [6.07, 6.45) is 0. The van der Waals surface area contributed by atoms with Crippen molar-refractivity contribution in [1.29, 1.82) is 5.26 Å². The Balaban J connectivity index is 1.81. The molecular weight excluding hydrogens is 593 g/mol. The molecule has 0 spiro atoms. The van der Waals surface area contributed by atoms with Crippen molar-refractivity contribution in [2.45, 2.75) is 16.7 Å². The molecule has 0 bridgehead atoms. The minimum absolute atomic E-state index is 0.0535. The number of nitrogens with zero attached hydrogens (tertiary/aromatic N) is 4. The number of nitriles is 1. The molecule has 2 heterocycles. The first-order valence-electron chi connectivity index (χ1n) is 10.6. The molecule has 3 N–H and O–H groups in total. The van der Waals surface area contributed by atoms with Gasteiger partial charge in [-0.25, -0.2) is 0 Å². The van der Waals surface area contributed by atoms with Crippen LogP contribution in [0.2, 0.25) is 10.0 Å². The van der Waals surface area contributed by atoms with Crippen LogP contribution in [0.5, 0.6) is 0 Å². The van der Waals surface area contributed by atoms with Crippen LogP contribution < -0.4 is 5.56 Å². The second-order valence-electron chi connectivity index (χ2n) is 8.30. The number of azo groups is 1. The molecular formula is C23H13Cl2N5O7S2. The molecule has 0 radical (unpaired) electrons. The number of benzene rings is 3. The monoisotopic (exact) mass is 605 g/mol. The third-order valence-electron chi connectivity index (χ3n) is 5.96. The summed E-state index contributed by atoms with van der Waals surface area (Å²) in [7, 11) is -9.70. The zero-order valence-electron chi connectivity index (χ0n) is 19.3. The Morgan fingerprint density at radius 3 is 2.26 bits per heavy atom. The standard InChI is InChI=1S/C23H13Cl2N5O7S2/c1-10-14(9-26)22-27-17-7-15(24)16(25)8-18(17)30(22)23(31)21(10)29-28-11-5-13-12(20(6-11)39(35,36)37)3-2-4-19(13)38(32,33)34/h2-8,27H,1H3,(H,32,33,34)(H,35,36,37). The smallest absolute Gasteiger partial charge is 0.295 e.